The first-order valence-electron chi connectivity index (χ1n) is 9.39. The van der Waals surface area contributed by atoms with Crippen LogP contribution in [0.25, 0.3) is 11.3 Å². The van der Waals surface area contributed by atoms with Crippen molar-refractivity contribution in [3.8, 4) is 11.3 Å². The molecule has 0 atom stereocenters. The minimum atomic E-state index is -0.435. The molecular weight excluding hydrogens is 356 g/mol. The van der Waals surface area contributed by atoms with Crippen molar-refractivity contribution in [1.82, 2.24) is 14.9 Å². The van der Waals surface area contributed by atoms with Crippen LogP contribution in [0.3, 0.4) is 0 Å². The average Bonchev–Trinajstić information content (AvgIpc) is 2.59. The van der Waals surface area contributed by atoms with Crippen molar-refractivity contribution in [2.75, 3.05) is 18.1 Å². The molecule has 0 unspecified atom stereocenters. The topological polar surface area (TPSA) is 110 Å². The number of nitrogens with zero attached hydrogens (tertiary/aromatic N) is 4. The minimum Gasteiger partial charge on any atom is -0.368 e. The molecule has 0 bridgehead atoms. The Labute approximate surface area is 165 Å². The Balaban J connectivity index is 2.03. The van der Waals surface area contributed by atoms with E-state index in [0.29, 0.717) is 5.56 Å². The molecule has 1 fully saturated rings. The first-order chi connectivity index (χ1) is 13.0. The van der Waals surface area contributed by atoms with Crippen LogP contribution in [0.15, 0.2) is 30.3 Å². The van der Waals surface area contributed by atoms with Crippen LogP contribution in [0, 0.1) is 10.1 Å². The SMILES string of the molecule is CN1C(C)(C)CC(Nc2nc(N)nc(-c3ccccc3)c2[N+](=O)[O-])CC1(C)C. The summed E-state index contributed by atoms with van der Waals surface area (Å²) in [6, 6.07) is 9.05. The first kappa shape index (κ1) is 20.0. The summed E-state index contributed by atoms with van der Waals surface area (Å²) in [6.07, 6.45) is 1.66. The van der Waals surface area contributed by atoms with E-state index < -0.39 is 4.92 Å². The van der Waals surface area contributed by atoms with E-state index in [9.17, 15) is 10.1 Å². The summed E-state index contributed by atoms with van der Waals surface area (Å²) in [5, 5.41) is 15.2. The number of benzene rings is 1. The largest absolute Gasteiger partial charge is 0.368 e. The molecule has 28 heavy (non-hydrogen) atoms. The molecule has 1 aliphatic heterocycles. The molecule has 3 N–H and O–H groups in total. The highest BCUT2D eigenvalue weighted by molar-refractivity contribution is 5.78. The number of likely N-dealkylation sites (tertiary alicyclic amines) is 1. The third-order valence-electron chi connectivity index (χ3n) is 5.78. The van der Waals surface area contributed by atoms with Crippen LogP contribution in [0.4, 0.5) is 17.5 Å². The van der Waals surface area contributed by atoms with Crippen molar-refractivity contribution < 1.29 is 4.92 Å². The molecule has 0 saturated carbocycles. The molecule has 8 nitrogen and oxygen atoms in total. The summed E-state index contributed by atoms with van der Waals surface area (Å²) in [5.74, 6) is 0.191. The quantitative estimate of drug-likeness (QED) is 0.611. The van der Waals surface area contributed by atoms with E-state index in [-0.39, 0.29) is 40.3 Å². The number of nitrogens with one attached hydrogen (secondary N) is 1. The van der Waals surface area contributed by atoms with Gasteiger partial charge >= 0.3 is 5.69 Å². The molecule has 2 heterocycles. The van der Waals surface area contributed by atoms with Gasteiger partial charge in [-0.25, -0.2) is 4.98 Å². The summed E-state index contributed by atoms with van der Waals surface area (Å²) in [5.41, 5.74) is 6.51. The lowest BCUT2D eigenvalue weighted by molar-refractivity contribution is -0.383. The van der Waals surface area contributed by atoms with Crippen molar-refractivity contribution in [2.24, 2.45) is 0 Å². The smallest absolute Gasteiger partial charge is 0.337 e. The number of rotatable bonds is 4. The second-order valence-corrected chi connectivity index (χ2v) is 8.68. The molecule has 1 saturated heterocycles. The minimum absolute atomic E-state index is 0.0124. The first-order valence-corrected chi connectivity index (χ1v) is 9.39. The van der Waals surface area contributed by atoms with E-state index in [4.69, 9.17) is 5.73 Å². The zero-order valence-electron chi connectivity index (χ0n) is 17.1. The Hall–Kier alpha value is -2.74. The number of hydrogen-bond acceptors (Lipinski definition) is 7. The summed E-state index contributed by atoms with van der Waals surface area (Å²) in [4.78, 5) is 22.2. The van der Waals surface area contributed by atoms with E-state index in [0.717, 1.165) is 12.8 Å². The number of nitro groups is 1. The lowest BCUT2D eigenvalue weighted by Gasteiger charge is -2.53. The molecule has 8 heteroatoms. The maximum absolute atomic E-state index is 11.9. The Morgan fingerprint density at radius 1 is 1.14 bits per heavy atom. The second-order valence-electron chi connectivity index (χ2n) is 8.68. The Morgan fingerprint density at radius 3 is 2.25 bits per heavy atom. The van der Waals surface area contributed by atoms with Gasteiger partial charge in [-0.15, -0.1) is 0 Å². The molecule has 3 rings (SSSR count). The molecule has 1 aromatic carbocycles. The number of nitrogens with two attached hydrogens (primary N) is 1. The van der Waals surface area contributed by atoms with Crippen LogP contribution in [0.1, 0.15) is 40.5 Å². The average molecular weight is 384 g/mol. The highest BCUT2D eigenvalue weighted by Crippen LogP contribution is 2.40. The zero-order valence-corrected chi connectivity index (χ0v) is 17.1. The van der Waals surface area contributed by atoms with Gasteiger partial charge in [-0.1, -0.05) is 30.3 Å². The monoisotopic (exact) mass is 384 g/mol. The van der Waals surface area contributed by atoms with E-state index >= 15 is 0 Å². The zero-order chi connectivity index (χ0) is 20.7. The predicted molar refractivity (Wildman–Crippen MR) is 111 cm³/mol. The molecule has 0 spiro atoms. The van der Waals surface area contributed by atoms with Gasteiger partial charge in [0, 0.05) is 22.7 Å². The van der Waals surface area contributed by atoms with Gasteiger partial charge in [0.1, 0.15) is 0 Å². The van der Waals surface area contributed by atoms with Crippen LogP contribution >= 0.6 is 0 Å². The highest BCUT2D eigenvalue weighted by Gasteiger charge is 2.43. The van der Waals surface area contributed by atoms with Gasteiger partial charge in [0.25, 0.3) is 0 Å². The fourth-order valence-electron chi connectivity index (χ4n) is 4.21. The normalized spacial score (nSPS) is 19.3. The van der Waals surface area contributed by atoms with Gasteiger partial charge < -0.3 is 11.1 Å². The van der Waals surface area contributed by atoms with Crippen LogP contribution in [-0.2, 0) is 0 Å². The molecule has 0 radical (unpaired) electrons. The standard InChI is InChI=1S/C20H28N6O2/c1-19(2)11-14(12-20(3,4)25(19)5)22-17-16(26(27)28)15(23-18(21)24-17)13-9-7-6-8-10-13/h6-10,14H,11-12H2,1-5H3,(H3,21,22,23,24). The van der Waals surface area contributed by atoms with Gasteiger partial charge in [0.05, 0.1) is 4.92 Å². The molecule has 0 aliphatic carbocycles. The van der Waals surface area contributed by atoms with Crippen molar-refractivity contribution in [2.45, 2.75) is 57.7 Å². The second kappa shape index (κ2) is 7.01. The van der Waals surface area contributed by atoms with Gasteiger partial charge in [-0.2, -0.15) is 4.98 Å². The van der Waals surface area contributed by atoms with E-state index in [2.05, 4.69) is 54.9 Å². The summed E-state index contributed by atoms with van der Waals surface area (Å²) in [6.45, 7) is 8.73. The maximum Gasteiger partial charge on any atom is 0.337 e. The van der Waals surface area contributed by atoms with Crippen LogP contribution in [0.5, 0.6) is 0 Å². The van der Waals surface area contributed by atoms with Gasteiger partial charge in [0.2, 0.25) is 11.8 Å². The third-order valence-corrected chi connectivity index (χ3v) is 5.78. The van der Waals surface area contributed by atoms with Crippen LogP contribution in [-0.4, -0.2) is 44.0 Å². The van der Waals surface area contributed by atoms with Gasteiger partial charge in [0.15, 0.2) is 5.69 Å². The Kier molecular flexibility index (Phi) is 5.01. The molecule has 150 valence electrons. The Morgan fingerprint density at radius 2 is 1.71 bits per heavy atom. The van der Waals surface area contributed by atoms with E-state index in [1.165, 1.54) is 0 Å². The maximum atomic E-state index is 11.9. The predicted octanol–water partition coefficient (Wildman–Crippen LogP) is 3.70. The van der Waals surface area contributed by atoms with Gasteiger partial charge in [-0.3, -0.25) is 15.0 Å². The number of aromatic nitrogens is 2. The number of nitrogen functional groups attached to an aromatic ring is 1. The van der Waals surface area contributed by atoms with Crippen LogP contribution < -0.4 is 11.1 Å². The molecule has 0 amide bonds. The lowest BCUT2D eigenvalue weighted by Crippen LogP contribution is -2.61. The van der Waals surface area contributed by atoms with E-state index in [1.54, 1.807) is 12.1 Å². The number of hydrogen-bond donors (Lipinski definition) is 2. The summed E-state index contributed by atoms with van der Waals surface area (Å²) < 4.78 is 0. The van der Waals surface area contributed by atoms with Crippen molar-refractivity contribution in [1.29, 1.82) is 0 Å². The highest BCUT2D eigenvalue weighted by atomic mass is 16.6. The number of piperidine rings is 1. The number of anilines is 2. The molecule has 2 aromatic rings. The molecule has 1 aromatic heterocycles. The fraction of sp³-hybridized carbons (Fsp3) is 0.500. The van der Waals surface area contributed by atoms with Crippen LogP contribution in [0.2, 0.25) is 0 Å². The lowest BCUT2D eigenvalue weighted by atomic mass is 9.77. The van der Waals surface area contributed by atoms with Crippen molar-refractivity contribution in [3.63, 3.8) is 0 Å². The third kappa shape index (κ3) is 3.77. The molecule has 1 aliphatic rings. The summed E-state index contributed by atoms with van der Waals surface area (Å²) in [7, 11) is 2.12. The van der Waals surface area contributed by atoms with Gasteiger partial charge in [-0.05, 0) is 47.6 Å². The fourth-order valence-corrected chi connectivity index (χ4v) is 4.21. The van der Waals surface area contributed by atoms with E-state index in [1.807, 2.05) is 18.2 Å². The molecular formula is C20H28N6O2. The summed E-state index contributed by atoms with van der Waals surface area (Å²) >= 11 is 0. The van der Waals surface area contributed by atoms with Crippen molar-refractivity contribution >= 4 is 17.5 Å². The Bertz CT molecular complexity index is 864. The van der Waals surface area contributed by atoms with Crippen molar-refractivity contribution in [3.05, 3.63) is 40.4 Å².